The molecular formula is C24H28FN3O5. The number of likely N-dealkylation sites (tertiary alicyclic amines) is 1. The number of ether oxygens (including phenoxy) is 1. The normalized spacial score (nSPS) is 28.4. The van der Waals surface area contributed by atoms with E-state index >= 15 is 0 Å². The first-order chi connectivity index (χ1) is 15.7. The number of nitrogens with zero attached hydrogens (tertiary/aromatic N) is 1. The molecule has 33 heavy (non-hydrogen) atoms. The second-order valence-electron chi connectivity index (χ2n) is 10.0. The third kappa shape index (κ3) is 4.03. The van der Waals surface area contributed by atoms with E-state index in [1.807, 2.05) is 0 Å². The van der Waals surface area contributed by atoms with Gasteiger partial charge in [0.15, 0.2) is 5.78 Å². The van der Waals surface area contributed by atoms with E-state index in [1.165, 1.54) is 4.90 Å². The van der Waals surface area contributed by atoms with E-state index < -0.39 is 36.2 Å². The molecule has 4 atom stereocenters. The molecule has 1 saturated carbocycles. The van der Waals surface area contributed by atoms with Crippen LogP contribution < -0.4 is 10.6 Å². The molecule has 8 nitrogen and oxygen atoms in total. The number of halogens is 1. The Balaban J connectivity index is 1.38. The molecule has 3 amide bonds. The Hall–Kier alpha value is -2.81. The highest BCUT2D eigenvalue weighted by Gasteiger charge is 2.54. The number of hydrogen-bond acceptors (Lipinski definition) is 5. The molecular weight excluding hydrogens is 429 g/mol. The van der Waals surface area contributed by atoms with Crippen molar-refractivity contribution in [2.45, 2.75) is 69.8 Å². The van der Waals surface area contributed by atoms with Crippen LogP contribution in [0, 0.1) is 5.41 Å². The second kappa shape index (κ2) is 8.20. The Bertz CT molecular complexity index is 1020. The van der Waals surface area contributed by atoms with Crippen LogP contribution in [0.2, 0.25) is 0 Å². The molecule has 0 spiro atoms. The number of carbonyl (C=O) groups excluding carboxylic acids is 4. The van der Waals surface area contributed by atoms with Crippen molar-refractivity contribution in [2.75, 3.05) is 18.5 Å². The molecule has 1 aromatic carbocycles. The molecule has 9 heteroatoms. The Morgan fingerprint density at radius 3 is 2.82 bits per heavy atom. The van der Waals surface area contributed by atoms with Gasteiger partial charge < -0.3 is 20.3 Å². The van der Waals surface area contributed by atoms with E-state index in [-0.39, 0.29) is 36.7 Å². The third-order valence-electron chi connectivity index (χ3n) is 7.51. The lowest BCUT2D eigenvalue weighted by atomic mass is 9.81. The van der Waals surface area contributed by atoms with Crippen molar-refractivity contribution in [3.05, 3.63) is 29.3 Å². The number of ketones is 1. The van der Waals surface area contributed by atoms with E-state index in [0.717, 1.165) is 31.2 Å². The van der Waals surface area contributed by atoms with Crippen LogP contribution in [-0.4, -0.2) is 65.9 Å². The van der Waals surface area contributed by atoms with E-state index in [2.05, 4.69) is 17.6 Å². The summed E-state index contributed by atoms with van der Waals surface area (Å²) in [5.74, 6) is -1.30. The van der Waals surface area contributed by atoms with Gasteiger partial charge in [0.25, 0.3) is 5.91 Å². The average Bonchev–Trinajstić information content (AvgIpc) is 3.53. The summed E-state index contributed by atoms with van der Waals surface area (Å²) < 4.78 is 19.8. The van der Waals surface area contributed by atoms with Crippen molar-refractivity contribution in [1.29, 1.82) is 0 Å². The molecule has 1 aromatic rings. The maximum absolute atomic E-state index is 14.5. The number of nitrogens with one attached hydrogen (secondary N) is 2. The summed E-state index contributed by atoms with van der Waals surface area (Å²) in [4.78, 5) is 51.9. The molecule has 1 aliphatic carbocycles. The van der Waals surface area contributed by atoms with Crippen molar-refractivity contribution in [1.82, 2.24) is 10.2 Å². The molecule has 3 heterocycles. The van der Waals surface area contributed by atoms with E-state index in [4.69, 9.17) is 4.74 Å². The first kappa shape index (κ1) is 22.0. The molecule has 4 aliphatic rings. The molecule has 0 aromatic heterocycles. The minimum atomic E-state index is -1.43. The number of hydrogen-bond donors (Lipinski definition) is 2. The van der Waals surface area contributed by atoms with Crippen molar-refractivity contribution in [3.63, 3.8) is 0 Å². The van der Waals surface area contributed by atoms with Gasteiger partial charge >= 0.3 is 0 Å². The number of amides is 3. The third-order valence-corrected chi connectivity index (χ3v) is 7.51. The number of benzene rings is 1. The molecule has 176 valence electrons. The van der Waals surface area contributed by atoms with Gasteiger partial charge in [-0.05, 0) is 48.4 Å². The van der Waals surface area contributed by atoms with Gasteiger partial charge in [0.2, 0.25) is 11.8 Å². The molecule has 0 bridgehead atoms. The van der Waals surface area contributed by atoms with Gasteiger partial charge in [0, 0.05) is 11.3 Å². The van der Waals surface area contributed by atoms with Gasteiger partial charge in [-0.2, -0.15) is 0 Å². The van der Waals surface area contributed by atoms with Crippen molar-refractivity contribution >= 4 is 29.2 Å². The SMILES string of the molecule is CC1(C[C@H](NC(=O)c2ccc3c(c2)CC(=O)N3)C(=O)N2C[C@H](F)[C@H]3OCC(=O)[C@H]32)CCCC1. The fourth-order valence-electron chi connectivity index (χ4n) is 5.76. The smallest absolute Gasteiger partial charge is 0.251 e. The average molecular weight is 458 g/mol. The van der Waals surface area contributed by atoms with Gasteiger partial charge in [-0.25, -0.2) is 4.39 Å². The van der Waals surface area contributed by atoms with Crippen LogP contribution in [0.3, 0.4) is 0 Å². The zero-order chi connectivity index (χ0) is 23.3. The quantitative estimate of drug-likeness (QED) is 0.701. The maximum atomic E-state index is 14.5. The molecule has 3 fully saturated rings. The van der Waals surface area contributed by atoms with Crippen molar-refractivity contribution < 1.29 is 28.3 Å². The molecule has 2 N–H and O–H groups in total. The Morgan fingerprint density at radius 2 is 2.06 bits per heavy atom. The zero-order valence-electron chi connectivity index (χ0n) is 18.6. The number of rotatable bonds is 5. The predicted molar refractivity (Wildman–Crippen MR) is 116 cm³/mol. The summed E-state index contributed by atoms with van der Waals surface area (Å²) in [5.41, 5.74) is 1.64. The predicted octanol–water partition coefficient (Wildman–Crippen LogP) is 1.77. The van der Waals surface area contributed by atoms with Crippen molar-refractivity contribution in [2.24, 2.45) is 5.41 Å². The number of carbonyl (C=O) groups is 4. The minimum Gasteiger partial charge on any atom is -0.365 e. The number of fused-ring (bicyclic) bond motifs is 2. The molecule has 3 aliphatic heterocycles. The number of anilines is 1. The summed E-state index contributed by atoms with van der Waals surface area (Å²) in [6.07, 6.45) is 2.27. The van der Waals surface area contributed by atoms with E-state index in [0.29, 0.717) is 17.7 Å². The standard InChI is InChI=1S/C24H28FN3O5/c1-24(6-2-3-7-24)10-17(23(32)28-11-15(25)21-20(28)18(29)12-33-21)27-22(31)13-4-5-16-14(8-13)9-19(30)26-16/h4-5,8,15,17,20-21H,2-3,6-7,9-12H2,1H3,(H,26,30)(H,27,31)/t15-,17-,20+,21+/m0/s1. The first-order valence-corrected chi connectivity index (χ1v) is 11.6. The van der Waals surface area contributed by atoms with Gasteiger partial charge in [0.05, 0.1) is 13.0 Å². The fraction of sp³-hybridized carbons (Fsp3) is 0.583. The topological polar surface area (TPSA) is 105 Å². The van der Waals surface area contributed by atoms with Gasteiger partial charge in [-0.3, -0.25) is 19.2 Å². The van der Waals surface area contributed by atoms with Crippen LogP contribution in [0.1, 0.15) is 54.9 Å². The lowest BCUT2D eigenvalue weighted by molar-refractivity contribution is -0.138. The molecule has 0 radical (unpaired) electrons. The van der Waals surface area contributed by atoms with Gasteiger partial charge in [-0.15, -0.1) is 0 Å². The Morgan fingerprint density at radius 1 is 1.30 bits per heavy atom. The summed E-state index contributed by atoms with van der Waals surface area (Å²) >= 11 is 0. The van der Waals surface area contributed by atoms with E-state index in [9.17, 15) is 23.6 Å². The number of Topliss-reactive ketones (excluding diaryl/α,β-unsaturated/α-hetero) is 1. The van der Waals surface area contributed by atoms with Crippen LogP contribution >= 0.6 is 0 Å². The second-order valence-corrected chi connectivity index (χ2v) is 10.0. The van der Waals surface area contributed by atoms with Crippen LogP contribution in [-0.2, 0) is 25.5 Å². The molecule has 2 saturated heterocycles. The lowest BCUT2D eigenvalue weighted by Gasteiger charge is -2.32. The zero-order valence-corrected chi connectivity index (χ0v) is 18.6. The number of alkyl halides is 1. The maximum Gasteiger partial charge on any atom is 0.251 e. The van der Waals surface area contributed by atoms with Crippen molar-refractivity contribution in [3.8, 4) is 0 Å². The van der Waals surface area contributed by atoms with Crippen LogP contribution in [0.15, 0.2) is 18.2 Å². The highest BCUT2D eigenvalue weighted by Crippen LogP contribution is 2.42. The van der Waals surface area contributed by atoms with Crippen LogP contribution in [0.25, 0.3) is 0 Å². The summed E-state index contributed by atoms with van der Waals surface area (Å²) in [6.45, 7) is 1.69. The monoisotopic (exact) mass is 457 g/mol. The Labute approximate surface area is 191 Å². The Kier molecular flexibility index (Phi) is 5.47. The minimum absolute atomic E-state index is 0.119. The highest BCUT2D eigenvalue weighted by molar-refractivity contribution is 6.03. The highest BCUT2D eigenvalue weighted by atomic mass is 19.1. The van der Waals surface area contributed by atoms with E-state index in [1.54, 1.807) is 18.2 Å². The molecule has 5 rings (SSSR count). The molecule has 0 unspecified atom stereocenters. The first-order valence-electron chi connectivity index (χ1n) is 11.6. The summed E-state index contributed by atoms with van der Waals surface area (Å²) in [7, 11) is 0. The fourth-order valence-corrected chi connectivity index (χ4v) is 5.76. The largest absolute Gasteiger partial charge is 0.365 e. The van der Waals surface area contributed by atoms with Gasteiger partial charge in [0.1, 0.15) is 31.0 Å². The summed E-state index contributed by atoms with van der Waals surface area (Å²) in [5, 5.41) is 5.60. The van der Waals surface area contributed by atoms with Crippen LogP contribution in [0.4, 0.5) is 10.1 Å². The van der Waals surface area contributed by atoms with Gasteiger partial charge in [-0.1, -0.05) is 19.8 Å². The lowest BCUT2D eigenvalue weighted by Crippen LogP contribution is -2.53. The summed E-state index contributed by atoms with van der Waals surface area (Å²) in [6, 6.07) is 3.13. The van der Waals surface area contributed by atoms with Crippen LogP contribution in [0.5, 0.6) is 0 Å².